The number of phosphoric ester groups is 1. The Morgan fingerprint density at radius 1 is 1.27 bits per heavy atom. The summed E-state index contributed by atoms with van der Waals surface area (Å²) in [5.74, 6) is -1.64. The van der Waals surface area contributed by atoms with Crippen molar-refractivity contribution in [2.24, 2.45) is 0 Å². The van der Waals surface area contributed by atoms with E-state index in [2.05, 4.69) is 0 Å². The number of aliphatic hydroxyl groups excluding tert-OH is 1. The van der Waals surface area contributed by atoms with Gasteiger partial charge in [0.25, 0.3) is 0 Å². The van der Waals surface area contributed by atoms with Crippen LogP contribution in [0.3, 0.4) is 0 Å². The summed E-state index contributed by atoms with van der Waals surface area (Å²) in [6.45, 7) is 0.831. The van der Waals surface area contributed by atoms with Gasteiger partial charge in [-0.05, 0) is 26.1 Å². The third-order valence-electron chi connectivity index (χ3n) is 5.61. The minimum atomic E-state index is -5.05. The quantitative estimate of drug-likeness (QED) is 0.318. The van der Waals surface area contributed by atoms with Crippen LogP contribution in [0.4, 0.5) is 0 Å². The van der Waals surface area contributed by atoms with Crippen LogP contribution in [-0.4, -0.2) is 59.0 Å². The summed E-state index contributed by atoms with van der Waals surface area (Å²) in [4.78, 5) is 33.7. The minimum absolute atomic E-state index is 0.0289. The van der Waals surface area contributed by atoms with Crippen molar-refractivity contribution < 1.29 is 33.5 Å². The zero-order chi connectivity index (χ0) is 24.1. The van der Waals surface area contributed by atoms with E-state index >= 15 is 0 Å². The van der Waals surface area contributed by atoms with Gasteiger partial charge in [-0.15, -0.1) is 0 Å². The van der Waals surface area contributed by atoms with Gasteiger partial charge in [0, 0.05) is 35.7 Å². The fourth-order valence-electron chi connectivity index (χ4n) is 4.16. The number of likely N-dealkylation sites (N-methyl/N-ethyl adjacent to an activating group) is 1. The largest absolute Gasteiger partial charge is 0.524 e. The summed E-state index contributed by atoms with van der Waals surface area (Å²) in [5, 5.41) is 21.3. The maximum Gasteiger partial charge on any atom is 0.524 e. The van der Waals surface area contributed by atoms with Crippen LogP contribution >= 0.6 is 19.4 Å². The van der Waals surface area contributed by atoms with Gasteiger partial charge < -0.3 is 24.1 Å². The number of likely N-dealkylation sites (tertiary alicyclic amines) is 1. The summed E-state index contributed by atoms with van der Waals surface area (Å²) in [6.07, 6.45) is -0.581. The summed E-state index contributed by atoms with van der Waals surface area (Å²) in [5.41, 5.74) is -0.0248. The average molecular weight is 492 g/mol. The van der Waals surface area contributed by atoms with Crippen LogP contribution in [0.2, 0.25) is 5.02 Å². The van der Waals surface area contributed by atoms with Gasteiger partial charge >= 0.3 is 7.82 Å². The molecule has 1 aromatic heterocycles. The van der Waals surface area contributed by atoms with E-state index in [1.54, 1.807) is 6.07 Å². The Labute approximate surface area is 194 Å². The number of fused-ring (bicyclic) bond motifs is 1. The van der Waals surface area contributed by atoms with Gasteiger partial charge in [-0.1, -0.05) is 29.2 Å². The minimum Gasteiger partial charge on any atom is -0.507 e. The van der Waals surface area contributed by atoms with Crippen LogP contribution in [0, 0.1) is 0 Å². The second-order valence-corrected chi connectivity index (χ2v) is 9.60. The van der Waals surface area contributed by atoms with E-state index in [9.17, 15) is 29.4 Å². The Morgan fingerprint density at radius 3 is 2.67 bits per heavy atom. The fourth-order valence-corrected chi connectivity index (χ4v) is 4.78. The van der Waals surface area contributed by atoms with Crippen LogP contribution in [0.25, 0.3) is 22.3 Å². The van der Waals surface area contributed by atoms with Crippen molar-refractivity contribution >= 4 is 43.7 Å². The number of piperidine rings is 1. The molecule has 4 N–H and O–H groups in total. The first-order valence-corrected chi connectivity index (χ1v) is 11.9. The lowest BCUT2D eigenvalue weighted by molar-refractivity contribution is 0.0632. The predicted molar refractivity (Wildman–Crippen MR) is 124 cm³/mol. The van der Waals surface area contributed by atoms with Crippen molar-refractivity contribution in [3.8, 4) is 22.8 Å². The summed E-state index contributed by atoms with van der Waals surface area (Å²) >= 11 is 6.27. The molecule has 1 aliphatic rings. The van der Waals surface area contributed by atoms with Crippen molar-refractivity contribution in [1.82, 2.24) is 4.90 Å². The molecule has 2 aromatic carbocycles. The molecule has 9 nitrogen and oxygen atoms in total. The Hall–Kier alpha value is -2.33. The molecule has 0 aliphatic carbocycles. The van der Waals surface area contributed by atoms with Crippen molar-refractivity contribution in [2.75, 3.05) is 20.1 Å². The maximum absolute atomic E-state index is 13.0. The van der Waals surface area contributed by atoms with Crippen LogP contribution in [0.5, 0.6) is 11.5 Å². The van der Waals surface area contributed by atoms with E-state index < -0.39 is 31.0 Å². The van der Waals surface area contributed by atoms with Gasteiger partial charge in [0.15, 0.2) is 5.43 Å². The number of halogens is 1. The Kier molecular flexibility index (Phi) is 6.35. The Bertz CT molecular complexity index is 1340. The van der Waals surface area contributed by atoms with E-state index in [4.69, 9.17) is 28.4 Å². The molecule has 2 heterocycles. The number of aromatic hydroxyl groups is 1. The molecule has 0 amide bonds. The molecular formula is C21H20BClNO8P. The van der Waals surface area contributed by atoms with E-state index in [1.165, 1.54) is 12.1 Å². The molecule has 33 heavy (non-hydrogen) atoms. The van der Waals surface area contributed by atoms with Gasteiger partial charge in [0.2, 0.25) is 0 Å². The van der Waals surface area contributed by atoms with Crippen molar-refractivity contribution in [1.29, 1.82) is 0 Å². The Balaban J connectivity index is 2.06. The van der Waals surface area contributed by atoms with E-state index in [0.29, 0.717) is 24.0 Å². The summed E-state index contributed by atoms with van der Waals surface area (Å²) in [6, 6.07) is 6.70. The second kappa shape index (κ2) is 8.79. The van der Waals surface area contributed by atoms with Gasteiger partial charge in [-0.2, -0.15) is 0 Å². The van der Waals surface area contributed by atoms with Crippen molar-refractivity contribution in [2.45, 2.75) is 18.4 Å². The molecule has 0 bridgehead atoms. The second-order valence-electron chi connectivity index (χ2n) is 8.03. The number of phosphoric acid groups is 1. The molecule has 1 saturated heterocycles. The number of aliphatic hydroxyl groups is 1. The monoisotopic (exact) mass is 491 g/mol. The highest BCUT2D eigenvalue weighted by Crippen LogP contribution is 2.48. The number of hydrogen-bond donors (Lipinski definition) is 4. The molecule has 2 radical (unpaired) electrons. The highest BCUT2D eigenvalue weighted by atomic mass is 35.5. The molecule has 1 fully saturated rings. The van der Waals surface area contributed by atoms with E-state index in [1.807, 2.05) is 11.9 Å². The van der Waals surface area contributed by atoms with Gasteiger partial charge in [0.05, 0.1) is 11.1 Å². The normalized spacial score (nSPS) is 19.7. The third-order valence-corrected chi connectivity index (χ3v) is 6.37. The van der Waals surface area contributed by atoms with Crippen LogP contribution in [-0.2, 0) is 4.57 Å². The molecule has 2 unspecified atom stereocenters. The number of phenols is 1. The van der Waals surface area contributed by atoms with Crippen LogP contribution in [0.1, 0.15) is 17.9 Å². The number of nitrogens with zero attached hydrogens (tertiary/aromatic N) is 1. The zero-order valence-electron chi connectivity index (χ0n) is 17.4. The number of β-amino-alcohol motifs (C(OH)–C–C–N with tert-alkyl or cyclic N) is 1. The molecule has 12 heteroatoms. The topological polar surface area (TPSA) is 141 Å². The molecule has 0 saturated carbocycles. The standard InChI is InChI=1S/C21H20BClNO8P/c1-24-5-4-11(16(27)9-24)19-18(32-33(28,29)30)8-15(26)20-14(25)7-17(31-21(19)20)12-6-10(22)2-3-13(12)23/h2-3,6-8,11,16,26-27H,4-5,9H2,1H3,(H2,28,29,30). The predicted octanol–water partition coefficient (Wildman–Crippen LogP) is 1.86. The lowest BCUT2D eigenvalue weighted by Gasteiger charge is -2.34. The Morgan fingerprint density at radius 2 is 2.00 bits per heavy atom. The lowest BCUT2D eigenvalue weighted by atomic mass is 9.85. The first-order valence-electron chi connectivity index (χ1n) is 9.95. The molecular weight excluding hydrogens is 471 g/mol. The number of benzene rings is 2. The van der Waals surface area contributed by atoms with E-state index in [-0.39, 0.29) is 39.6 Å². The average Bonchev–Trinajstić information content (AvgIpc) is 2.69. The van der Waals surface area contributed by atoms with Crippen molar-refractivity contribution in [3.05, 3.63) is 51.1 Å². The smallest absolute Gasteiger partial charge is 0.507 e. The first-order chi connectivity index (χ1) is 15.4. The van der Waals surface area contributed by atoms with Gasteiger partial charge in [-0.3, -0.25) is 14.6 Å². The number of phenolic OH excluding ortho intramolecular Hbond substituents is 1. The molecule has 3 aromatic rings. The fraction of sp³-hybridized carbons (Fsp3) is 0.286. The molecule has 4 rings (SSSR count). The summed E-state index contributed by atoms with van der Waals surface area (Å²) in [7, 11) is 2.62. The first kappa shape index (κ1) is 23.8. The lowest BCUT2D eigenvalue weighted by Crippen LogP contribution is -2.40. The highest BCUT2D eigenvalue weighted by molar-refractivity contribution is 7.46. The highest BCUT2D eigenvalue weighted by Gasteiger charge is 2.35. The van der Waals surface area contributed by atoms with Crippen molar-refractivity contribution in [3.63, 3.8) is 0 Å². The van der Waals surface area contributed by atoms with Crippen LogP contribution in [0.15, 0.2) is 39.5 Å². The summed E-state index contributed by atoms with van der Waals surface area (Å²) < 4.78 is 22.5. The van der Waals surface area contributed by atoms with Gasteiger partial charge in [-0.25, -0.2) is 4.57 Å². The molecule has 2 atom stereocenters. The number of hydrogen-bond acceptors (Lipinski definition) is 7. The maximum atomic E-state index is 13.0. The SMILES string of the molecule is [B]c1ccc(Cl)c(-c2cc(=O)c3c(O)cc(OP(=O)(O)O)c(C4CCN(C)CC4O)c3o2)c1. The van der Waals surface area contributed by atoms with E-state index in [0.717, 1.165) is 12.1 Å². The molecule has 1 aliphatic heterocycles. The molecule has 0 spiro atoms. The number of rotatable bonds is 4. The third kappa shape index (κ3) is 4.82. The zero-order valence-corrected chi connectivity index (χ0v) is 19.1. The molecule has 172 valence electrons. The van der Waals surface area contributed by atoms with Crippen LogP contribution < -0.4 is 15.4 Å². The van der Waals surface area contributed by atoms with Gasteiger partial charge in [0.1, 0.15) is 36.1 Å².